The van der Waals surface area contributed by atoms with E-state index in [2.05, 4.69) is 45.3 Å². The van der Waals surface area contributed by atoms with Crippen molar-refractivity contribution in [1.82, 2.24) is 14.7 Å². The highest BCUT2D eigenvalue weighted by Crippen LogP contribution is 2.27. The number of carbonyl (C=O) groups excluding carboxylic acids is 2. The molecule has 3 amide bonds. The van der Waals surface area contributed by atoms with Gasteiger partial charge in [-0.3, -0.25) is 4.79 Å². The molecule has 2 N–H and O–H groups in total. The van der Waals surface area contributed by atoms with E-state index < -0.39 is 0 Å². The molecule has 1 aromatic heterocycles. The van der Waals surface area contributed by atoms with Crippen molar-refractivity contribution in [1.29, 1.82) is 0 Å². The summed E-state index contributed by atoms with van der Waals surface area (Å²) < 4.78 is 1.76. The van der Waals surface area contributed by atoms with Gasteiger partial charge >= 0.3 is 6.03 Å². The highest BCUT2D eigenvalue weighted by molar-refractivity contribution is 6.03. The number of benzene rings is 3. The van der Waals surface area contributed by atoms with Gasteiger partial charge in [-0.2, -0.15) is 5.10 Å². The lowest BCUT2D eigenvalue weighted by molar-refractivity contribution is -0.116. The molecule has 7 heteroatoms. The van der Waals surface area contributed by atoms with Crippen LogP contribution >= 0.6 is 0 Å². The maximum absolute atomic E-state index is 13.4. The van der Waals surface area contributed by atoms with Gasteiger partial charge in [0.2, 0.25) is 5.91 Å². The van der Waals surface area contributed by atoms with E-state index >= 15 is 0 Å². The summed E-state index contributed by atoms with van der Waals surface area (Å²) in [5.74, 6) is 0.688. The molecule has 0 aliphatic carbocycles. The summed E-state index contributed by atoms with van der Waals surface area (Å²) in [6.45, 7) is 12.9. The smallest absolute Gasteiger partial charge is 0.315 e. The predicted octanol–water partition coefficient (Wildman–Crippen LogP) is 7.15. The number of anilines is 2. The molecule has 7 nitrogen and oxygen atoms in total. The minimum absolute atomic E-state index is 0.0762. The van der Waals surface area contributed by atoms with Crippen molar-refractivity contribution in [2.45, 2.75) is 53.4 Å². The molecule has 4 aromatic rings. The second-order valence-electron chi connectivity index (χ2n) is 11.5. The van der Waals surface area contributed by atoms with E-state index in [1.165, 1.54) is 0 Å². The molecule has 0 aliphatic heterocycles. The van der Waals surface area contributed by atoms with Gasteiger partial charge in [-0.1, -0.05) is 83.1 Å². The SMILES string of the molecule is Cc1cccc(-n2nc(C(C)(C)C)cc2NC(=O)CN(CCC(C)C)C(=O)Nc2cccc3ccccc23)c1. The van der Waals surface area contributed by atoms with E-state index in [0.29, 0.717) is 18.3 Å². The minimum Gasteiger partial charge on any atom is -0.315 e. The molecular formula is C32H39N5O2. The van der Waals surface area contributed by atoms with E-state index in [0.717, 1.165) is 39.8 Å². The molecule has 204 valence electrons. The Morgan fingerprint density at radius 3 is 2.38 bits per heavy atom. The van der Waals surface area contributed by atoms with Gasteiger partial charge in [0.1, 0.15) is 12.4 Å². The first-order chi connectivity index (χ1) is 18.5. The molecule has 0 spiro atoms. The zero-order chi connectivity index (χ0) is 28.2. The van der Waals surface area contributed by atoms with Crippen LogP contribution < -0.4 is 10.6 Å². The van der Waals surface area contributed by atoms with Crippen LogP contribution in [0.3, 0.4) is 0 Å². The Bertz CT molecular complexity index is 1460. The molecular weight excluding hydrogens is 486 g/mol. The fourth-order valence-corrected chi connectivity index (χ4v) is 4.34. The molecule has 0 unspecified atom stereocenters. The van der Waals surface area contributed by atoms with Crippen LogP contribution in [0.2, 0.25) is 0 Å². The predicted molar refractivity (Wildman–Crippen MR) is 160 cm³/mol. The molecule has 0 saturated carbocycles. The van der Waals surface area contributed by atoms with Crippen molar-refractivity contribution in [3.8, 4) is 5.69 Å². The van der Waals surface area contributed by atoms with Gasteiger partial charge in [-0.25, -0.2) is 9.48 Å². The Morgan fingerprint density at radius 2 is 1.67 bits per heavy atom. The second kappa shape index (κ2) is 11.7. The summed E-state index contributed by atoms with van der Waals surface area (Å²) in [6, 6.07) is 23.3. The number of aryl methyl sites for hydroxylation is 1. The van der Waals surface area contributed by atoms with Gasteiger partial charge in [0, 0.05) is 23.4 Å². The van der Waals surface area contributed by atoms with E-state index in [1.54, 1.807) is 9.58 Å². The van der Waals surface area contributed by atoms with Crippen LogP contribution in [0.5, 0.6) is 0 Å². The standard InChI is InChI=1S/C32H39N5O2/c1-22(2)17-18-36(31(39)33-27-16-10-13-24-12-7-8-15-26(24)27)21-30(38)34-29-20-28(32(4,5)6)35-37(29)25-14-9-11-23(3)19-25/h7-16,19-20,22H,17-18,21H2,1-6H3,(H,33,39)(H,34,38). The third kappa shape index (κ3) is 7.05. The Hall–Kier alpha value is -4.13. The van der Waals surface area contributed by atoms with E-state index in [-0.39, 0.29) is 23.9 Å². The summed E-state index contributed by atoms with van der Waals surface area (Å²) >= 11 is 0. The maximum atomic E-state index is 13.4. The molecule has 0 aliphatic rings. The summed E-state index contributed by atoms with van der Waals surface area (Å²) in [4.78, 5) is 28.4. The zero-order valence-corrected chi connectivity index (χ0v) is 23.8. The van der Waals surface area contributed by atoms with Gasteiger partial charge in [0.05, 0.1) is 17.1 Å². The fraction of sp³-hybridized carbons (Fsp3) is 0.344. The fourth-order valence-electron chi connectivity index (χ4n) is 4.34. The maximum Gasteiger partial charge on any atom is 0.322 e. The molecule has 0 bridgehead atoms. The lowest BCUT2D eigenvalue weighted by Gasteiger charge is -2.24. The summed E-state index contributed by atoms with van der Waals surface area (Å²) in [6.07, 6.45) is 0.783. The Balaban J connectivity index is 1.57. The average molecular weight is 526 g/mol. The van der Waals surface area contributed by atoms with E-state index in [9.17, 15) is 9.59 Å². The van der Waals surface area contributed by atoms with Crippen molar-refractivity contribution >= 4 is 34.2 Å². The molecule has 0 saturated heterocycles. The van der Waals surface area contributed by atoms with Crippen molar-refractivity contribution in [3.05, 3.63) is 84.1 Å². The zero-order valence-electron chi connectivity index (χ0n) is 23.8. The van der Waals surface area contributed by atoms with Crippen LogP contribution in [-0.2, 0) is 10.2 Å². The van der Waals surface area contributed by atoms with Crippen molar-refractivity contribution in [2.24, 2.45) is 5.92 Å². The molecule has 0 fully saturated rings. The summed E-state index contributed by atoms with van der Waals surface area (Å²) in [5.41, 5.74) is 3.36. The number of amides is 3. The van der Waals surface area contributed by atoms with Gasteiger partial charge in [-0.05, 0) is 48.4 Å². The number of hydrogen-bond donors (Lipinski definition) is 2. The first-order valence-corrected chi connectivity index (χ1v) is 13.5. The van der Waals surface area contributed by atoms with Crippen LogP contribution in [0.25, 0.3) is 16.5 Å². The van der Waals surface area contributed by atoms with Crippen LogP contribution in [0.4, 0.5) is 16.3 Å². The summed E-state index contributed by atoms with van der Waals surface area (Å²) in [5, 5.41) is 12.9. The highest BCUT2D eigenvalue weighted by Gasteiger charge is 2.23. The Labute approximate surface area is 231 Å². The van der Waals surface area contributed by atoms with Gasteiger partial charge < -0.3 is 15.5 Å². The molecule has 0 atom stereocenters. The number of aromatic nitrogens is 2. The first-order valence-electron chi connectivity index (χ1n) is 13.5. The lowest BCUT2D eigenvalue weighted by atomic mass is 9.92. The monoisotopic (exact) mass is 525 g/mol. The van der Waals surface area contributed by atoms with Gasteiger partial charge in [-0.15, -0.1) is 0 Å². The number of carbonyl (C=O) groups is 2. The number of hydrogen-bond acceptors (Lipinski definition) is 3. The molecule has 0 radical (unpaired) electrons. The van der Waals surface area contributed by atoms with Crippen molar-refractivity contribution in [2.75, 3.05) is 23.7 Å². The second-order valence-corrected chi connectivity index (χ2v) is 11.5. The molecule has 39 heavy (non-hydrogen) atoms. The van der Waals surface area contributed by atoms with Crippen LogP contribution in [0, 0.1) is 12.8 Å². The van der Waals surface area contributed by atoms with E-state index in [1.807, 2.05) is 79.7 Å². The normalized spacial score (nSPS) is 11.6. The largest absolute Gasteiger partial charge is 0.322 e. The Morgan fingerprint density at radius 1 is 0.949 bits per heavy atom. The van der Waals surface area contributed by atoms with Crippen LogP contribution in [0.15, 0.2) is 72.8 Å². The van der Waals surface area contributed by atoms with E-state index in [4.69, 9.17) is 5.10 Å². The van der Waals surface area contributed by atoms with Crippen molar-refractivity contribution < 1.29 is 9.59 Å². The summed E-state index contributed by atoms with van der Waals surface area (Å²) in [7, 11) is 0. The molecule has 3 aromatic carbocycles. The Kier molecular flexibility index (Phi) is 8.38. The number of rotatable bonds is 8. The van der Waals surface area contributed by atoms with Gasteiger partial charge in [0.25, 0.3) is 0 Å². The lowest BCUT2D eigenvalue weighted by Crippen LogP contribution is -2.41. The topological polar surface area (TPSA) is 79.3 Å². The minimum atomic E-state index is -0.301. The van der Waals surface area contributed by atoms with Crippen LogP contribution in [0.1, 0.15) is 52.3 Å². The molecule has 1 heterocycles. The number of fused-ring (bicyclic) bond motifs is 1. The third-order valence-electron chi connectivity index (χ3n) is 6.62. The third-order valence-corrected chi connectivity index (χ3v) is 6.62. The van der Waals surface area contributed by atoms with Gasteiger partial charge in [0.15, 0.2) is 0 Å². The average Bonchev–Trinajstić information content (AvgIpc) is 3.31. The van der Waals surface area contributed by atoms with Crippen molar-refractivity contribution in [3.63, 3.8) is 0 Å². The number of urea groups is 1. The van der Waals surface area contributed by atoms with Crippen LogP contribution in [-0.4, -0.2) is 39.7 Å². The highest BCUT2D eigenvalue weighted by atomic mass is 16.2. The number of nitrogens with zero attached hydrogens (tertiary/aromatic N) is 3. The quantitative estimate of drug-likeness (QED) is 0.256. The first kappa shape index (κ1) is 27.9. The number of nitrogens with one attached hydrogen (secondary N) is 2. The molecule has 4 rings (SSSR count).